The minimum atomic E-state index is -0.172. The lowest BCUT2D eigenvalue weighted by atomic mass is 10.1. The Kier molecular flexibility index (Phi) is 7.85. The van der Waals surface area contributed by atoms with Gasteiger partial charge in [0.2, 0.25) is 0 Å². The topological polar surface area (TPSA) is 47.9 Å². The van der Waals surface area contributed by atoms with Crippen molar-refractivity contribution in [1.82, 2.24) is 10.2 Å². The SMILES string of the molecule is O=C(NC1=C=C=NC=C1C/C=C/CN1CCN(c2cccc(Cl)c2Cl)CC1)c1ccccc1. The summed E-state index contributed by atoms with van der Waals surface area (Å²) in [6, 6.07) is 14.9. The molecule has 0 aromatic heterocycles. The van der Waals surface area contributed by atoms with Crippen LogP contribution in [0.5, 0.6) is 0 Å². The molecule has 1 N–H and O–H groups in total. The van der Waals surface area contributed by atoms with Gasteiger partial charge in [0.05, 0.1) is 21.4 Å². The quantitative estimate of drug-likeness (QED) is 0.444. The van der Waals surface area contributed by atoms with Gasteiger partial charge in [0.1, 0.15) is 0 Å². The predicted molar refractivity (Wildman–Crippen MR) is 135 cm³/mol. The van der Waals surface area contributed by atoms with E-state index < -0.39 is 0 Å². The van der Waals surface area contributed by atoms with Crippen LogP contribution >= 0.6 is 23.2 Å². The molecule has 33 heavy (non-hydrogen) atoms. The van der Waals surface area contributed by atoms with Gasteiger partial charge in [0, 0.05) is 55.9 Å². The smallest absolute Gasteiger partial charge is 0.256 e. The van der Waals surface area contributed by atoms with Crippen LogP contribution in [0, 0.1) is 0 Å². The van der Waals surface area contributed by atoms with Crippen LogP contribution in [-0.2, 0) is 0 Å². The molecule has 4 rings (SSSR count). The first kappa shape index (κ1) is 23.1. The number of halogens is 2. The van der Waals surface area contributed by atoms with Gasteiger partial charge in [-0.2, -0.15) is 0 Å². The van der Waals surface area contributed by atoms with Gasteiger partial charge in [-0.3, -0.25) is 9.69 Å². The van der Waals surface area contributed by atoms with Gasteiger partial charge in [0.15, 0.2) is 0 Å². The van der Waals surface area contributed by atoms with Crippen molar-refractivity contribution < 1.29 is 4.79 Å². The van der Waals surface area contributed by atoms with Crippen molar-refractivity contribution in [2.75, 3.05) is 37.6 Å². The zero-order chi connectivity index (χ0) is 23.0. The van der Waals surface area contributed by atoms with E-state index in [1.54, 1.807) is 18.3 Å². The minimum absolute atomic E-state index is 0.172. The molecule has 1 saturated heterocycles. The summed E-state index contributed by atoms with van der Waals surface area (Å²) in [5, 5.41) is 4.12. The Bertz CT molecular complexity index is 1170. The van der Waals surface area contributed by atoms with Crippen LogP contribution < -0.4 is 10.2 Å². The minimum Gasteiger partial charge on any atom is -0.368 e. The molecule has 168 valence electrons. The molecule has 1 amide bonds. The van der Waals surface area contributed by atoms with E-state index in [1.165, 1.54) is 0 Å². The number of benzene rings is 2. The largest absolute Gasteiger partial charge is 0.368 e. The summed E-state index contributed by atoms with van der Waals surface area (Å²) in [6.45, 7) is 4.55. The summed E-state index contributed by atoms with van der Waals surface area (Å²) in [4.78, 5) is 21.2. The first-order chi connectivity index (χ1) is 16.1. The number of carbonyl (C=O) groups is 1. The zero-order valence-corrected chi connectivity index (χ0v) is 19.6. The lowest BCUT2D eigenvalue weighted by molar-refractivity contribution is 0.0966. The number of anilines is 1. The van der Waals surface area contributed by atoms with E-state index in [0.29, 0.717) is 27.7 Å². The van der Waals surface area contributed by atoms with Gasteiger partial charge < -0.3 is 10.2 Å². The van der Waals surface area contributed by atoms with Crippen LogP contribution in [0.4, 0.5) is 5.69 Å². The van der Waals surface area contributed by atoms with Crippen molar-refractivity contribution in [3.05, 3.63) is 99.5 Å². The Morgan fingerprint density at radius 1 is 1.03 bits per heavy atom. The maximum atomic E-state index is 12.5. The molecule has 1 fully saturated rings. The van der Waals surface area contributed by atoms with Crippen LogP contribution in [0.25, 0.3) is 0 Å². The van der Waals surface area contributed by atoms with Crippen molar-refractivity contribution in [3.8, 4) is 0 Å². The first-order valence-corrected chi connectivity index (χ1v) is 11.6. The molecule has 5 nitrogen and oxygen atoms in total. The molecule has 2 aromatic carbocycles. The number of amides is 1. The van der Waals surface area contributed by atoms with Gasteiger partial charge in [-0.1, -0.05) is 59.6 Å². The Labute approximate surface area is 204 Å². The highest BCUT2D eigenvalue weighted by Gasteiger charge is 2.19. The third-order valence-corrected chi connectivity index (χ3v) is 6.38. The van der Waals surface area contributed by atoms with Crippen molar-refractivity contribution in [2.24, 2.45) is 4.99 Å². The van der Waals surface area contributed by atoms with E-state index in [9.17, 15) is 4.79 Å². The standard InChI is InChI=1S/C26H24Cl2N4O/c27-22-10-6-11-24(25(22)28)32-17-15-31(16-18-32)14-5-4-9-21-19-29-13-12-23(21)30-26(33)20-7-2-1-3-8-20/h1-8,10-11,19H,9,14-18H2,(H,30,33)/b5-4+. The fourth-order valence-corrected chi connectivity index (χ4v) is 4.14. The van der Waals surface area contributed by atoms with Crippen LogP contribution in [-0.4, -0.2) is 49.4 Å². The van der Waals surface area contributed by atoms with Gasteiger partial charge in [-0.15, -0.1) is 0 Å². The summed E-state index contributed by atoms with van der Waals surface area (Å²) >= 11 is 12.5. The molecule has 0 spiro atoms. The lowest BCUT2D eigenvalue weighted by Crippen LogP contribution is -2.46. The predicted octanol–water partition coefficient (Wildman–Crippen LogP) is 5.10. The third kappa shape index (κ3) is 6.06. The van der Waals surface area contributed by atoms with Crippen molar-refractivity contribution >= 4 is 40.7 Å². The summed E-state index contributed by atoms with van der Waals surface area (Å²) in [5.74, 6) is 2.51. The van der Waals surface area contributed by atoms with Crippen molar-refractivity contribution in [1.29, 1.82) is 0 Å². The van der Waals surface area contributed by atoms with Gasteiger partial charge in [-0.25, -0.2) is 4.99 Å². The monoisotopic (exact) mass is 478 g/mol. The second-order valence-electron chi connectivity index (χ2n) is 7.75. The maximum absolute atomic E-state index is 12.5. The Morgan fingerprint density at radius 3 is 2.61 bits per heavy atom. The molecule has 7 heteroatoms. The van der Waals surface area contributed by atoms with E-state index in [1.807, 2.05) is 36.4 Å². The number of allylic oxidation sites excluding steroid dienone is 2. The van der Waals surface area contributed by atoms with E-state index >= 15 is 0 Å². The summed E-state index contributed by atoms with van der Waals surface area (Å²) in [7, 11) is 0. The number of rotatable bonds is 7. The molecule has 0 aliphatic carbocycles. The lowest BCUT2D eigenvalue weighted by Gasteiger charge is -2.36. The van der Waals surface area contributed by atoms with Crippen molar-refractivity contribution in [3.63, 3.8) is 0 Å². The number of hydrogen-bond donors (Lipinski definition) is 1. The Morgan fingerprint density at radius 2 is 1.82 bits per heavy atom. The molecular formula is C26H24Cl2N4O. The second-order valence-corrected chi connectivity index (χ2v) is 8.54. The van der Waals surface area contributed by atoms with E-state index in [-0.39, 0.29) is 5.91 Å². The van der Waals surface area contributed by atoms with Crippen LogP contribution in [0.3, 0.4) is 0 Å². The number of hydrogen-bond acceptors (Lipinski definition) is 4. The molecule has 0 radical (unpaired) electrons. The second kappa shape index (κ2) is 11.2. The van der Waals surface area contributed by atoms with Gasteiger partial charge in [-0.05, 0) is 36.4 Å². The summed E-state index contributed by atoms with van der Waals surface area (Å²) in [5.41, 5.74) is 6.02. The average molecular weight is 479 g/mol. The number of aliphatic imine (C=N–C) groups is 1. The number of piperazine rings is 1. The zero-order valence-electron chi connectivity index (χ0n) is 18.1. The third-order valence-electron chi connectivity index (χ3n) is 5.57. The molecule has 0 atom stereocenters. The van der Waals surface area contributed by atoms with E-state index in [2.05, 4.69) is 43.9 Å². The number of carbonyl (C=O) groups excluding carboxylic acids is 1. The normalized spacial score (nSPS) is 16.1. The Balaban J connectivity index is 1.25. The molecule has 2 heterocycles. The Hall–Kier alpha value is -3.04. The summed E-state index contributed by atoms with van der Waals surface area (Å²) < 4.78 is 0. The number of nitrogens with one attached hydrogen (secondary N) is 1. The van der Waals surface area contributed by atoms with Crippen LogP contribution in [0.2, 0.25) is 10.0 Å². The molecule has 2 aliphatic rings. The van der Waals surface area contributed by atoms with E-state index in [4.69, 9.17) is 23.2 Å². The highest BCUT2D eigenvalue weighted by molar-refractivity contribution is 6.43. The number of nitrogens with zero attached hydrogens (tertiary/aromatic N) is 3. The highest BCUT2D eigenvalue weighted by Crippen LogP contribution is 2.32. The molecule has 2 aliphatic heterocycles. The van der Waals surface area contributed by atoms with Gasteiger partial charge in [0.25, 0.3) is 5.91 Å². The molecule has 2 aromatic rings. The van der Waals surface area contributed by atoms with Crippen LogP contribution in [0.15, 0.2) is 88.9 Å². The molecule has 0 saturated carbocycles. The summed E-state index contributed by atoms with van der Waals surface area (Å²) in [6.07, 6.45) is 6.63. The average Bonchev–Trinajstić information content (AvgIpc) is 2.85. The molecular weight excluding hydrogens is 455 g/mol. The molecule has 0 unspecified atom stereocenters. The van der Waals surface area contributed by atoms with Crippen molar-refractivity contribution in [2.45, 2.75) is 6.42 Å². The van der Waals surface area contributed by atoms with Gasteiger partial charge >= 0.3 is 0 Å². The fourth-order valence-electron chi connectivity index (χ4n) is 3.73. The maximum Gasteiger partial charge on any atom is 0.256 e. The first-order valence-electron chi connectivity index (χ1n) is 10.8. The molecule has 0 bridgehead atoms. The van der Waals surface area contributed by atoms with Crippen LogP contribution in [0.1, 0.15) is 16.8 Å². The highest BCUT2D eigenvalue weighted by atomic mass is 35.5. The fraction of sp³-hybridized carbons (Fsp3) is 0.231. The van der Waals surface area contributed by atoms with E-state index in [0.717, 1.165) is 44.0 Å².